The number of nitrogens with one attached hydrogen (secondary N) is 1. The first kappa shape index (κ1) is 26.0. The van der Waals surface area contributed by atoms with E-state index in [1.165, 1.54) is 12.8 Å². The third-order valence-electron chi connectivity index (χ3n) is 8.40. The summed E-state index contributed by atoms with van der Waals surface area (Å²) in [6.07, 6.45) is 6.71. The number of amides is 2. The van der Waals surface area contributed by atoms with Gasteiger partial charge in [-0.15, -0.1) is 5.10 Å². The molecule has 0 spiro atoms. The van der Waals surface area contributed by atoms with E-state index in [4.69, 9.17) is 5.73 Å². The lowest BCUT2D eigenvalue weighted by atomic mass is 9.66. The summed E-state index contributed by atoms with van der Waals surface area (Å²) >= 11 is 0. The van der Waals surface area contributed by atoms with Crippen molar-refractivity contribution < 1.29 is 9.59 Å². The molecule has 3 aromatic rings. The second-order valence-corrected chi connectivity index (χ2v) is 11.2. The Balaban J connectivity index is 1.75. The zero-order valence-corrected chi connectivity index (χ0v) is 22.7. The van der Waals surface area contributed by atoms with Crippen LogP contribution in [0.25, 0.3) is 0 Å². The monoisotopic (exact) mass is 515 g/mol. The van der Waals surface area contributed by atoms with Gasteiger partial charge in [0.2, 0.25) is 0 Å². The van der Waals surface area contributed by atoms with Gasteiger partial charge in [0.15, 0.2) is 5.82 Å². The largest absolute Gasteiger partial charge is 0.345 e. The molecule has 3 N–H and O–H groups in total. The molecule has 5 rings (SSSR count). The molecule has 2 aromatic carbocycles. The molecule has 38 heavy (non-hydrogen) atoms. The maximum Gasteiger partial charge on any atom is 0.253 e. The van der Waals surface area contributed by atoms with Crippen LogP contribution in [0, 0.1) is 5.92 Å². The number of nitrogens with zero attached hydrogens (tertiary/aromatic N) is 5. The van der Waals surface area contributed by atoms with Crippen LogP contribution in [0.5, 0.6) is 0 Å². The fraction of sp³-hybridized carbons (Fsp3) is 0.483. The average molecular weight is 516 g/mol. The van der Waals surface area contributed by atoms with Gasteiger partial charge in [0.05, 0.1) is 5.41 Å². The smallest absolute Gasteiger partial charge is 0.253 e. The van der Waals surface area contributed by atoms with Gasteiger partial charge in [-0.1, -0.05) is 25.0 Å². The van der Waals surface area contributed by atoms with Crippen LogP contribution in [0.4, 0.5) is 0 Å². The summed E-state index contributed by atoms with van der Waals surface area (Å²) in [7, 11) is 7.05. The predicted octanol–water partition coefficient (Wildman–Crippen LogP) is 2.94. The molecule has 2 aliphatic rings. The van der Waals surface area contributed by atoms with Gasteiger partial charge in [0.25, 0.3) is 11.8 Å². The van der Waals surface area contributed by atoms with Gasteiger partial charge in [-0.25, -0.2) is 5.10 Å². The fourth-order valence-corrected chi connectivity index (χ4v) is 6.45. The van der Waals surface area contributed by atoms with Crippen molar-refractivity contribution in [1.82, 2.24) is 30.4 Å². The number of H-pyrrole nitrogens is 1. The molecule has 0 unspecified atom stereocenters. The molecule has 1 aromatic heterocycles. The summed E-state index contributed by atoms with van der Waals surface area (Å²) in [6, 6.07) is 11.9. The van der Waals surface area contributed by atoms with Crippen LogP contribution < -0.4 is 5.73 Å². The number of aryl methyl sites for hydroxylation is 2. The summed E-state index contributed by atoms with van der Waals surface area (Å²) < 4.78 is 0. The Morgan fingerprint density at radius 2 is 1.47 bits per heavy atom. The molecule has 0 bridgehead atoms. The maximum atomic E-state index is 12.9. The fourth-order valence-electron chi connectivity index (χ4n) is 6.45. The van der Waals surface area contributed by atoms with E-state index in [0.717, 1.165) is 47.9 Å². The Bertz CT molecular complexity index is 1260. The van der Waals surface area contributed by atoms with E-state index in [-0.39, 0.29) is 17.9 Å². The van der Waals surface area contributed by atoms with Crippen molar-refractivity contribution in [2.75, 3.05) is 28.2 Å². The third kappa shape index (κ3) is 4.49. The van der Waals surface area contributed by atoms with Crippen LogP contribution in [0.1, 0.15) is 80.9 Å². The van der Waals surface area contributed by atoms with Crippen molar-refractivity contribution in [2.24, 2.45) is 11.7 Å². The molecule has 1 saturated carbocycles. The van der Waals surface area contributed by atoms with Crippen molar-refractivity contribution in [1.29, 1.82) is 0 Å². The van der Waals surface area contributed by atoms with E-state index < -0.39 is 5.41 Å². The van der Waals surface area contributed by atoms with Gasteiger partial charge in [-0.05, 0) is 95.0 Å². The van der Waals surface area contributed by atoms with Crippen LogP contribution in [0.15, 0.2) is 36.4 Å². The van der Waals surface area contributed by atoms with Crippen LogP contribution in [-0.2, 0) is 18.3 Å². The van der Waals surface area contributed by atoms with Crippen molar-refractivity contribution in [3.63, 3.8) is 0 Å². The zero-order valence-electron chi connectivity index (χ0n) is 22.7. The molecule has 9 heteroatoms. The number of hydrogen-bond donors (Lipinski definition) is 2. The average Bonchev–Trinajstić information content (AvgIpc) is 3.63. The SMILES string of the molecule is CN(C)C(=O)c1ccc2c(c1)CCc1cc(C(=O)N(C)C)ccc1C2(C[C@H](N)C1CCCC1)c1nnn[nH]1. The first-order chi connectivity index (χ1) is 18.2. The molecule has 0 saturated heterocycles. The molecule has 9 nitrogen and oxygen atoms in total. The molecule has 0 radical (unpaired) electrons. The lowest BCUT2D eigenvalue weighted by Crippen LogP contribution is -2.42. The summed E-state index contributed by atoms with van der Waals surface area (Å²) in [5.41, 5.74) is 11.8. The van der Waals surface area contributed by atoms with E-state index in [2.05, 4.69) is 32.8 Å². The number of aromatic nitrogens is 4. The van der Waals surface area contributed by atoms with Gasteiger partial charge < -0.3 is 15.5 Å². The number of carbonyl (C=O) groups excluding carboxylic acids is 2. The summed E-state index contributed by atoms with van der Waals surface area (Å²) in [5, 5.41) is 15.5. The van der Waals surface area contributed by atoms with E-state index in [1.54, 1.807) is 38.0 Å². The van der Waals surface area contributed by atoms with E-state index in [0.29, 0.717) is 29.3 Å². The normalized spacial score (nSPS) is 17.3. The van der Waals surface area contributed by atoms with Gasteiger partial charge in [0.1, 0.15) is 0 Å². The Morgan fingerprint density at radius 1 is 0.947 bits per heavy atom. The van der Waals surface area contributed by atoms with Crippen molar-refractivity contribution in [2.45, 2.75) is 56.4 Å². The standard InChI is InChI=1S/C29H37N7O2/c1-35(2)26(37)21-11-13-23-19(15-21)9-10-20-16-22(27(38)36(3)4)12-14-24(20)29(23,28-31-33-34-32-28)17-25(30)18-7-5-6-8-18/h11-16,18,25H,5-10,17,30H2,1-4H3,(H,31,32,33,34)/t25-/m0/s1. The van der Waals surface area contributed by atoms with Gasteiger partial charge >= 0.3 is 0 Å². The van der Waals surface area contributed by atoms with Crippen LogP contribution >= 0.6 is 0 Å². The minimum Gasteiger partial charge on any atom is -0.345 e. The lowest BCUT2D eigenvalue weighted by Gasteiger charge is -2.38. The molecular formula is C29H37N7O2. The zero-order chi connectivity index (χ0) is 27.0. The molecule has 1 fully saturated rings. The minimum atomic E-state index is -0.744. The first-order valence-corrected chi connectivity index (χ1v) is 13.4. The van der Waals surface area contributed by atoms with E-state index in [9.17, 15) is 9.59 Å². The number of nitrogens with two attached hydrogens (primary N) is 1. The van der Waals surface area contributed by atoms with Crippen molar-refractivity contribution in [3.8, 4) is 0 Å². The first-order valence-electron chi connectivity index (χ1n) is 13.4. The second-order valence-electron chi connectivity index (χ2n) is 11.2. The third-order valence-corrected chi connectivity index (χ3v) is 8.40. The molecule has 0 aliphatic heterocycles. The Kier molecular flexibility index (Phi) is 7.05. The predicted molar refractivity (Wildman–Crippen MR) is 145 cm³/mol. The Hall–Kier alpha value is -3.59. The number of hydrogen-bond acceptors (Lipinski definition) is 6. The van der Waals surface area contributed by atoms with Crippen molar-refractivity contribution in [3.05, 3.63) is 75.6 Å². The number of carbonyl (C=O) groups is 2. The van der Waals surface area contributed by atoms with Crippen LogP contribution in [0.2, 0.25) is 0 Å². The minimum absolute atomic E-state index is 0.0389. The number of fused-ring (bicyclic) bond motifs is 2. The highest BCUT2D eigenvalue weighted by molar-refractivity contribution is 5.95. The highest BCUT2D eigenvalue weighted by Gasteiger charge is 2.46. The van der Waals surface area contributed by atoms with E-state index in [1.807, 2.05) is 24.3 Å². The lowest BCUT2D eigenvalue weighted by molar-refractivity contribution is 0.0820. The van der Waals surface area contributed by atoms with Crippen LogP contribution in [0.3, 0.4) is 0 Å². The second kappa shape index (κ2) is 10.3. The summed E-state index contributed by atoms with van der Waals surface area (Å²) in [5.74, 6) is 0.988. The molecule has 200 valence electrons. The topological polar surface area (TPSA) is 121 Å². The number of aromatic amines is 1. The van der Waals surface area contributed by atoms with Crippen LogP contribution in [-0.4, -0.2) is 76.5 Å². The Labute approximate surface area is 223 Å². The molecule has 2 amide bonds. The van der Waals surface area contributed by atoms with E-state index >= 15 is 0 Å². The van der Waals surface area contributed by atoms with Crippen molar-refractivity contribution >= 4 is 11.8 Å². The molecule has 1 atom stereocenters. The summed E-state index contributed by atoms with van der Waals surface area (Å²) in [4.78, 5) is 29.0. The molecule has 2 aliphatic carbocycles. The van der Waals surface area contributed by atoms with Gasteiger partial charge in [-0.2, -0.15) is 0 Å². The quantitative estimate of drug-likeness (QED) is 0.521. The molecular weight excluding hydrogens is 478 g/mol. The highest BCUT2D eigenvalue weighted by Crippen LogP contribution is 2.48. The highest BCUT2D eigenvalue weighted by atomic mass is 16.2. The van der Waals surface area contributed by atoms with Gasteiger partial charge in [-0.3, -0.25) is 9.59 Å². The summed E-state index contributed by atoms with van der Waals surface area (Å²) in [6.45, 7) is 0. The number of tetrazole rings is 1. The maximum absolute atomic E-state index is 12.9. The number of benzene rings is 2. The van der Waals surface area contributed by atoms with Gasteiger partial charge in [0, 0.05) is 45.4 Å². The molecule has 1 heterocycles. The Morgan fingerprint density at radius 3 is 1.92 bits per heavy atom. The number of rotatable bonds is 6.